The highest BCUT2D eigenvalue weighted by Crippen LogP contribution is 2.60. The number of methoxy groups -OCH3 is 1. The second-order valence-corrected chi connectivity index (χ2v) is 15.8. The van der Waals surface area contributed by atoms with Gasteiger partial charge in [0.2, 0.25) is 0 Å². The molecule has 0 heterocycles. The Balaban J connectivity index is 5.15. The van der Waals surface area contributed by atoms with E-state index in [4.69, 9.17) is 9.05 Å². The van der Waals surface area contributed by atoms with Gasteiger partial charge in [0.05, 0.1) is 20.5 Å². The fourth-order valence-electron chi connectivity index (χ4n) is 2.42. The van der Waals surface area contributed by atoms with Gasteiger partial charge < -0.3 is 13.8 Å². The van der Waals surface area contributed by atoms with Crippen LogP contribution in [-0.2, 0) is 23.1 Å². The summed E-state index contributed by atoms with van der Waals surface area (Å²) < 4.78 is 28.3. The minimum Gasteiger partial charge on any atom is -0.466 e. The van der Waals surface area contributed by atoms with Crippen LogP contribution in [0.3, 0.4) is 0 Å². The number of carbonyl (C=O) groups is 1. The third-order valence-corrected chi connectivity index (χ3v) is 15.7. The van der Waals surface area contributed by atoms with Crippen LogP contribution in [0.15, 0.2) is 12.2 Å². The third kappa shape index (κ3) is 6.18. The van der Waals surface area contributed by atoms with Crippen LogP contribution >= 0.6 is 7.60 Å². The number of ether oxygens (including phenoxy) is 1. The molecule has 0 fully saturated rings. The quantitative estimate of drug-likeness (QED) is 0.194. The smallest absolute Gasteiger partial charge is 0.330 e. The van der Waals surface area contributed by atoms with E-state index >= 15 is 0 Å². The standard InChI is InChI=1S/C16H33O5PSi/c1-16(2,3)23(7,8)15(22(18,20-5)21-6)13-11-9-10-12-14(17)19-4/h10,12,15H,9,11,13H2,1-8H3/b12-10+. The fraction of sp³-hybridized carbons (Fsp3) is 0.812. The van der Waals surface area contributed by atoms with Crippen LogP contribution in [0.25, 0.3) is 0 Å². The molecule has 0 saturated carbocycles. The van der Waals surface area contributed by atoms with Crippen molar-refractivity contribution in [3.63, 3.8) is 0 Å². The molecule has 136 valence electrons. The van der Waals surface area contributed by atoms with Gasteiger partial charge in [-0.2, -0.15) is 0 Å². The minimum atomic E-state index is -3.14. The van der Waals surface area contributed by atoms with Crippen LogP contribution in [-0.4, -0.2) is 40.7 Å². The van der Waals surface area contributed by atoms with Gasteiger partial charge >= 0.3 is 13.6 Å². The Morgan fingerprint density at radius 1 is 1.17 bits per heavy atom. The van der Waals surface area contributed by atoms with Crippen LogP contribution < -0.4 is 0 Å². The molecule has 7 heteroatoms. The molecular weight excluding hydrogens is 331 g/mol. The molecule has 23 heavy (non-hydrogen) atoms. The molecule has 0 aromatic rings. The Morgan fingerprint density at radius 2 is 1.70 bits per heavy atom. The van der Waals surface area contributed by atoms with Crippen molar-refractivity contribution in [2.75, 3.05) is 21.3 Å². The summed E-state index contributed by atoms with van der Waals surface area (Å²) in [6, 6.07) is 0. The molecule has 0 radical (unpaired) electrons. The molecule has 0 aliphatic rings. The molecule has 0 aliphatic carbocycles. The van der Waals surface area contributed by atoms with Gasteiger partial charge in [0.25, 0.3) is 0 Å². The molecule has 5 nitrogen and oxygen atoms in total. The summed E-state index contributed by atoms with van der Waals surface area (Å²) in [7, 11) is -0.792. The lowest BCUT2D eigenvalue weighted by atomic mass is 10.2. The predicted octanol–water partition coefficient (Wildman–Crippen LogP) is 4.79. The number of hydrogen-bond donors (Lipinski definition) is 0. The molecule has 0 aromatic carbocycles. The zero-order valence-electron chi connectivity index (χ0n) is 15.8. The Labute approximate surface area is 142 Å². The highest BCUT2D eigenvalue weighted by Gasteiger charge is 2.51. The van der Waals surface area contributed by atoms with Crippen molar-refractivity contribution in [3.05, 3.63) is 12.2 Å². The van der Waals surface area contributed by atoms with Gasteiger partial charge in [-0.05, 0) is 24.3 Å². The van der Waals surface area contributed by atoms with E-state index in [1.807, 2.05) is 0 Å². The lowest BCUT2D eigenvalue weighted by molar-refractivity contribution is -0.134. The second-order valence-electron chi connectivity index (χ2n) is 7.25. The number of carbonyl (C=O) groups excluding carboxylic acids is 1. The summed E-state index contributed by atoms with van der Waals surface area (Å²) >= 11 is 0. The van der Waals surface area contributed by atoms with Crippen LogP contribution in [0.2, 0.25) is 18.1 Å². The summed E-state index contributed by atoms with van der Waals surface area (Å²) in [6.07, 6.45) is 5.52. The van der Waals surface area contributed by atoms with E-state index in [1.54, 1.807) is 6.08 Å². The largest absolute Gasteiger partial charge is 0.466 e. The number of esters is 1. The van der Waals surface area contributed by atoms with Gasteiger partial charge in [-0.3, -0.25) is 4.57 Å². The van der Waals surface area contributed by atoms with E-state index in [0.29, 0.717) is 0 Å². The molecular formula is C16H33O5PSi. The number of rotatable bonds is 9. The van der Waals surface area contributed by atoms with Crippen molar-refractivity contribution in [2.24, 2.45) is 0 Å². The summed E-state index contributed by atoms with van der Waals surface area (Å²) in [6.45, 7) is 11.1. The molecule has 0 rings (SSSR count). The molecule has 0 bridgehead atoms. The molecule has 1 atom stereocenters. The number of hydrogen-bond acceptors (Lipinski definition) is 5. The van der Waals surface area contributed by atoms with Crippen molar-refractivity contribution >= 4 is 21.6 Å². The average Bonchev–Trinajstić information content (AvgIpc) is 2.48. The first-order valence-corrected chi connectivity index (χ1v) is 12.6. The van der Waals surface area contributed by atoms with Crippen LogP contribution in [0, 0.1) is 0 Å². The molecule has 0 spiro atoms. The summed E-state index contributed by atoms with van der Waals surface area (Å²) in [4.78, 5) is 11.1. The first kappa shape index (κ1) is 22.6. The minimum absolute atomic E-state index is 0.0756. The zero-order chi connectivity index (χ0) is 18.3. The van der Waals surface area contributed by atoms with E-state index in [9.17, 15) is 9.36 Å². The Bertz CT molecular complexity index is 446. The monoisotopic (exact) mass is 364 g/mol. The zero-order valence-corrected chi connectivity index (χ0v) is 17.7. The summed E-state index contributed by atoms with van der Waals surface area (Å²) in [5.74, 6) is -0.356. The van der Waals surface area contributed by atoms with Gasteiger partial charge in [0.15, 0.2) is 0 Å². The second kappa shape index (κ2) is 9.16. The van der Waals surface area contributed by atoms with Crippen LogP contribution in [0.1, 0.15) is 40.0 Å². The average molecular weight is 364 g/mol. The fourth-order valence-corrected chi connectivity index (χ4v) is 10.5. The first-order chi connectivity index (χ1) is 10.5. The topological polar surface area (TPSA) is 61.8 Å². The third-order valence-electron chi connectivity index (χ3n) is 4.96. The van der Waals surface area contributed by atoms with Gasteiger partial charge in [-0.1, -0.05) is 39.9 Å². The van der Waals surface area contributed by atoms with Crippen molar-refractivity contribution in [3.8, 4) is 0 Å². The molecule has 1 unspecified atom stereocenters. The van der Waals surface area contributed by atoms with Gasteiger partial charge in [0, 0.05) is 20.3 Å². The van der Waals surface area contributed by atoms with E-state index in [2.05, 4.69) is 38.6 Å². The molecule has 0 saturated heterocycles. The molecule has 0 aliphatic heterocycles. The number of unbranched alkanes of at least 4 members (excludes halogenated alkanes) is 1. The van der Waals surface area contributed by atoms with E-state index in [1.165, 1.54) is 27.4 Å². The lowest BCUT2D eigenvalue weighted by Crippen LogP contribution is -2.49. The lowest BCUT2D eigenvalue weighted by Gasteiger charge is -2.44. The van der Waals surface area contributed by atoms with Crippen molar-refractivity contribution < 1.29 is 23.1 Å². The maximum Gasteiger partial charge on any atom is 0.330 e. The maximum atomic E-state index is 13.1. The van der Waals surface area contributed by atoms with E-state index in [-0.39, 0.29) is 16.3 Å². The van der Waals surface area contributed by atoms with E-state index < -0.39 is 15.7 Å². The highest BCUT2D eigenvalue weighted by molar-refractivity contribution is 7.58. The summed E-state index contributed by atoms with van der Waals surface area (Å²) in [5.41, 5.74) is 0. The molecule has 0 amide bonds. The van der Waals surface area contributed by atoms with Crippen molar-refractivity contribution in [2.45, 2.75) is 63.4 Å². The van der Waals surface area contributed by atoms with Gasteiger partial charge in [-0.15, -0.1) is 0 Å². The van der Waals surface area contributed by atoms with Crippen LogP contribution in [0.4, 0.5) is 0 Å². The highest BCUT2D eigenvalue weighted by atomic mass is 31.2. The maximum absolute atomic E-state index is 13.1. The van der Waals surface area contributed by atoms with Gasteiger partial charge in [0.1, 0.15) is 0 Å². The van der Waals surface area contributed by atoms with Crippen LogP contribution in [0.5, 0.6) is 0 Å². The SMILES string of the molecule is COC(=O)/C=C/CCCC([Si](C)(C)C(C)(C)C)P(=O)(OC)OC. The Kier molecular flexibility index (Phi) is 8.99. The number of allylic oxidation sites excluding steroid dienone is 1. The van der Waals surface area contributed by atoms with Crippen molar-refractivity contribution in [1.29, 1.82) is 0 Å². The normalized spacial score (nSPS) is 15.0. The Hall–Kier alpha value is -0.423. The van der Waals surface area contributed by atoms with E-state index in [0.717, 1.165) is 19.3 Å². The molecule has 0 aromatic heterocycles. The van der Waals surface area contributed by atoms with Gasteiger partial charge in [-0.25, -0.2) is 4.79 Å². The Morgan fingerprint density at radius 3 is 2.09 bits per heavy atom. The van der Waals surface area contributed by atoms with Crippen molar-refractivity contribution in [1.82, 2.24) is 0 Å². The molecule has 0 N–H and O–H groups in total. The first-order valence-electron chi connectivity index (χ1n) is 7.92. The summed E-state index contributed by atoms with van der Waals surface area (Å²) in [5, 5.41) is -0.0109. The predicted molar refractivity (Wildman–Crippen MR) is 97.6 cm³/mol.